The highest BCUT2D eigenvalue weighted by atomic mass is 32.1. The second-order valence-electron chi connectivity index (χ2n) is 5.98. The van der Waals surface area contributed by atoms with Crippen LogP contribution in [0.4, 0.5) is 0 Å². The number of benzene rings is 2. The lowest BCUT2D eigenvalue weighted by Crippen LogP contribution is -1.99. The van der Waals surface area contributed by atoms with E-state index in [0.29, 0.717) is 5.56 Å². The van der Waals surface area contributed by atoms with E-state index in [1.54, 1.807) is 0 Å². The van der Waals surface area contributed by atoms with E-state index in [1.165, 1.54) is 11.3 Å². The van der Waals surface area contributed by atoms with Crippen molar-refractivity contribution in [1.29, 1.82) is 0 Å². The molecule has 5 rings (SSSR count). The molecule has 2 aromatic heterocycles. The zero-order valence-electron chi connectivity index (χ0n) is 13.4. The Morgan fingerprint density at radius 2 is 1.68 bits per heavy atom. The number of thiazole rings is 1. The molecule has 0 saturated carbocycles. The Labute approximate surface area is 148 Å². The van der Waals surface area contributed by atoms with Crippen LogP contribution in [0.25, 0.3) is 27.6 Å². The topological polar surface area (TPSA) is 47.8 Å². The van der Waals surface area contributed by atoms with Gasteiger partial charge in [0.2, 0.25) is 5.13 Å². The normalized spacial score (nSPS) is 12.3. The molecule has 4 aromatic rings. The molecule has 0 amide bonds. The first-order valence-corrected chi connectivity index (χ1v) is 8.87. The van der Waals surface area contributed by atoms with E-state index < -0.39 is 0 Å². The maximum absolute atomic E-state index is 12.7. The third kappa shape index (κ3) is 2.03. The maximum atomic E-state index is 12.7. The zero-order chi connectivity index (χ0) is 17.0. The van der Waals surface area contributed by atoms with E-state index >= 15 is 0 Å². The van der Waals surface area contributed by atoms with Crippen molar-refractivity contribution in [2.75, 3.05) is 0 Å². The summed E-state index contributed by atoms with van der Waals surface area (Å²) in [5, 5.41) is 7.40. The van der Waals surface area contributed by atoms with Gasteiger partial charge in [0.1, 0.15) is 0 Å². The maximum Gasteiger partial charge on any atom is 0.211 e. The Kier molecular flexibility index (Phi) is 2.99. The van der Waals surface area contributed by atoms with Gasteiger partial charge in [-0.2, -0.15) is 5.10 Å². The average molecular weight is 343 g/mol. The molecule has 0 N–H and O–H groups in total. The van der Waals surface area contributed by atoms with Crippen LogP contribution in [0.3, 0.4) is 0 Å². The van der Waals surface area contributed by atoms with Crippen LogP contribution < -0.4 is 0 Å². The standard InChI is InChI=1S/C20H13N3OS/c1-12-17-18(14-9-5-6-10-15(14)19(17)24)23(22-12)20-21-16(11-25-20)13-7-3-2-4-8-13/h2-11H,1H3. The minimum atomic E-state index is 0.0502. The highest BCUT2D eigenvalue weighted by Gasteiger charge is 2.33. The second kappa shape index (κ2) is 5.22. The SMILES string of the molecule is Cc1nn(-c2nc(-c3ccccc3)cs2)c2c1C(=O)c1ccccc1-2. The molecule has 4 nitrogen and oxygen atoms in total. The first-order chi connectivity index (χ1) is 12.2. The van der Waals surface area contributed by atoms with Gasteiger partial charge in [-0.25, -0.2) is 9.67 Å². The number of fused-ring (bicyclic) bond motifs is 3. The summed E-state index contributed by atoms with van der Waals surface area (Å²) in [6.45, 7) is 1.88. The number of rotatable bonds is 2. The molecule has 0 unspecified atom stereocenters. The Morgan fingerprint density at radius 3 is 2.48 bits per heavy atom. The van der Waals surface area contributed by atoms with Gasteiger partial charge in [0.15, 0.2) is 5.78 Å². The van der Waals surface area contributed by atoms with Crippen molar-refractivity contribution in [2.45, 2.75) is 6.92 Å². The highest BCUT2D eigenvalue weighted by Crippen LogP contribution is 2.40. The molecule has 2 aromatic carbocycles. The summed E-state index contributed by atoms with van der Waals surface area (Å²) in [5.41, 5.74) is 5.95. The molecule has 25 heavy (non-hydrogen) atoms. The number of nitrogens with zero attached hydrogens (tertiary/aromatic N) is 3. The summed E-state index contributed by atoms with van der Waals surface area (Å²) in [7, 11) is 0. The number of carbonyl (C=O) groups excluding carboxylic acids is 1. The Hall–Kier alpha value is -3.05. The van der Waals surface area contributed by atoms with Crippen LogP contribution in [0.5, 0.6) is 0 Å². The van der Waals surface area contributed by atoms with Crippen molar-refractivity contribution >= 4 is 17.1 Å². The van der Waals surface area contributed by atoms with Gasteiger partial charge in [-0.05, 0) is 6.92 Å². The molecule has 0 radical (unpaired) electrons. The van der Waals surface area contributed by atoms with Gasteiger partial charge in [0.05, 0.1) is 22.6 Å². The number of aryl methyl sites for hydroxylation is 1. The lowest BCUT2D eigenvalue weighted by Gasteiger charge is -2.03. The third-order valence-electron chi connectivity index (χ3n) is 4.46. The molecule has 120 valence electrons. The number of ketones is 1. The summed E-state index contributed by atoms with van der Waals surface area (Å²) in [4.78, 5) is 17.5. The fraction of sp³-hybridized carbons (Fsp3) is 0.0500. The molecular formula is C20H13N3OS. The van der Waals surface area contributed by atoms with Crippen LogP contribution in [-0.4, -0.2) is 20.5 Å². The first kappa shape index (κ1) is 14.3. The predicted octanol–water partition coefficient (Wildman–Crippen LogP) is 4.52. The van der Waals surface area contributed by atoms with Gasteiger partial charge in [-0.1, -0.05) is 54.6 Å². The molecule has 0 spiro atoms. The molecular weight excluding hydrogens is 330 g/mol. The fourth-order valence-corrected chi connectivity index (χ4v) is 4.10. The monoisotopic (exact) mass is 343 g/mol. The molecule has 1 aliphatic carbocycles. The summed E-state index contributed by atoms with van der Waals surface area (Å²) in [6.07, 6.45) is 0. The minimum Gasteiger partial charge on any atom is -0.288 e. The van der Waals surface area contributed by atoms with Gasteiger partial charge >= 0.3 is 0 Å². The summed E-state index contributed by atoms with van der Waals surface area (Å²) in [5.74, 6) is 0.0502. The lowest BCUT2D eigenvalue weighted by atomic mass is 10.1. The van der Waals surface area contributed by atoms with Gasteiger partial charge < -0.3 is 0 Å². The third-order valence-corrected chi connectivity index (χ3v) is 5.27. The molecule has 0 atom stereocenters. The van der Waals surface area contributed by atoms with Crippen molar-refractivity contribution in [3.8, 4) is 27.6 Å². The summed E-state index contributed by atoms with van der Waals surface area (Å²) in [6, 6.07) is 17.8. The number of hydrogen-bond donors (Lipinski definition) is 0. The fourth-order valence-electron chi connectivity index (χ4n) is 3.31. The Bertz CT molecular complexity index is 1130. The van der Waals surface area contributed by atoms with E-state index in [0.717, 1.165) is 38.9 Å². The van der Waals surface area contributed by atoms with Crippen molar-refractivity contribution in [1.82, 2.24) is 14.8 Å². The molecule has 0 bridgehead atoms. The number of hydrogen-bond acceptors (Lipinski definition) is 4. The van der Waals surface area contributed by atoms with Crippen molar-refractivity contribution in [2.24, 2.45) is 0 Å². The van der Waals surface area contributed by atoms with Crippen LogP contribution in [0.2, 0.25) is 0 Å². The second-order valence-corrected chi connectivity index (χ2v) is 6.81. The van der Waals surface area contributed by atoms with Crippen molar-refractivity contribution < 1.29 is 4.79 Å². The van der Waals surface area contributed by atoms with Crippen LogP contribution in [-0.2, 0) is 0 Å². The largest absolute Gasteiger partial charge is 0.288 e. The number of aromatic nitrogens is 3. The quantitative estimate of drug-likeness (QED) is 0.474. The average Bonchev–Trinajstić information content (AvgIpc) is 3.33. The zero-order valence-corrected chi connectivity index (χ0v) is 14.2. The van der Waals surface area contributed by atoms with Gasteiger partial charge in [0.25, 0.3) is 0 Å². The smallest absolute Gasteiger partial charge is 0.211 e. The molecule has 2 heterocycles. The van der Waals surface area contributed by atoms with Crippen molar-refractivity contribution in [3.63, 3.8) is 0 Å². The minimum absolute atomic E-state index is 0.0502. The molecule has 0 saturated heterocycles. The summed E-state index contributed by atoms with van der Waals surface area (Å²) >= 11 is 1.53. The van der Waals surface area contributed by atoms with Crippen LogP contribution in [0.1, 0.15) is 21.6 Å². The lowest BCUT2D eigenvalue weighted by molar-refractivity contribution is 0.104. The van der Waals surface area contributed by atoms with Crippen molar-refractivity contribution in [3.05, 3.63) is 76.8 Å². The van der Waals surface area contributed by atoms with E-state index in [2.05, 4.69) is 5.10 Å². The Morgan fingerprint density at radius 1 is 0.960 bits per heavy atom. The van der Waals surface area contributed by atoms with Gasteiger partial charge in [-0.3, -0.25) is 4.79 Å². The predicted molar refractivity (Wildman–Crippen MR) is 98.3 cm³/mol. The van der Waals surface area contributed by atoms with Gasteiger partial charge in [-0.15, -0.1) is 11.3 Å². The highest BCUT2D eigenvalue weighted by molar-refractivity contribution is 7.12. The van der Waals surface area contributed by atoms with E-state index in [-0.39, 0.29) is 5.78 Å². The van der Waals surface area contributed by atoms with E-state index in [9.17, 15) is 4.79 Å². The van der Waals surface area contributed by atoms with Crippen LogP contribution in [0.15, 0.2) is 60.0 Å². The van der Waals surface area contributed by atoms with E-state index in [1.807, 2.05) is 71.6 Å². The number of carbonyl (C=O) groups is 1. The Balaban J connectivity index is 1.70. The summed E-state index contributed by atoms with van der Waals surface area (Å²) < 4.78 is 1.81. The van der Waals surface area contributed by atoms with Crippen LogP contribution >= 0.6 is 11.3 Å². The van der Waals surface area contributed by atoms with Gasteiger partial charge in [0, 0.05) is 22.1 Å². The molecule has 0 aliphatic heterocycles. The molecule has 1 aliphatic rings. The first-order valence-electron chi connectivity index (χ1n) is 7.99. The van der Waals surface area contributed by atoms with Crippen LogP contribution in [0, 0.1) is 6.92 Å². The van der Waals surface area contributed by atoms with E-state index in [4.69, 9.17) is 4.98 Å². The molecule has 0 fully saturated rings. The molecule has 5 heteroatoms.